The summed E-state index contributed by atoms with van der Waals surface area (Å²) in [7, 11) is 5.71. The number of pyridine rings is 1. The number of ether oxygens (including phenoxy) is 5. The van der Waals surface area contributed by atoms with E-state index < -0.39 is 83.4 Å². The fraction of sp³-hybridized carbons (Fsp3) is 0.681. The Kier molecular flexibility index (Phi) is 15.9. The van der Waals surface area contributed by atoms with E-state index in [9.17, 15) is 24.3 Å². The lowest BCUT2D eigenvalue weighted by molar-refractivity contribution is -0.296. The Morgan fingerprint density at radius 3 is 2.38 bits per heavy atom. The van der Waals surface area contributed by atoms with E-state index in [0.717, 1.165) is 23.0 Å². The first-order valence-electron chi connectivity index (χ1n) is 22.0. The highest BCUT2D eigenvalue weighted by Gasteiger charge is 2.60. The van der Waals surface area contributed by atoms with Gasteiger partial charge in [0.05, 0.1) is 36.0 Å². The summed E-state index contributed by atoms with van der Waals surface area (Å²) in [5, 5.41) is 12.7. The molecule has 4 heterocycles. The molecular weight excluding hydrogens is 781 g/mol. The maximum absolute atomic E-state index is 15.0. The summed E-state index contributed by atoms with van der Waals surface area (Å²) in [4.78, 5) is 67.7. The third-order valence-electron chi connectivity index (χ3n) is 13.4. The number of hydrogen-bond acceptors (Lipinski definition) is 13. The normalized spacial score (nSPS) is 35.8. The molecule has 0 bridgehead atoms. The van der Waals surface area contributed by atoms with Crippen LogP contribution in [-0.4, -0.2) is 150 Å². The largest absolute Gasteiger partial charge is 0.458 e. The molecule has 5 rings (SSSR count). The summed E-state index contributed by atoms with van der Waals surface area (Å²) >= 11 is 0. The van der Waals surface area contributed by atoms with Crippen molar-refractivity contribution in [3.05, 3.63) is 48.2 Å². The minimum Gasteiger partial charge on any atom is -0.458 e. The van der Waals surface area contributed by atoms with Crippen molar-refractivity contribution in [2.24, 2.45) is 23.7 Å². The van der Waals surface area contributed by atoms with Crippen molar-refractivity contribution < 1.29 is 48.0 Å². The van der Waals surface area contributed by atoms with Crippen LogP contribution in [0.15, 0.2) is 42.6 Å². The number of cyclic esters (lactones) is 1. The van der Waals surface area contributed by atoms with Crippen LogP contribution in [0.3, 0.4) is 0 Å². The monoisotopic (exact) mass is 851 g/mol. The van der Waals surface area contributed by atoms with Gasteiger partial charge in [-0.1, -0.05) is 65.0 Å². The van der Waals surface area contributed by atoms with E-state index in [1.165, 1.54) is 6.92 Å². The fourth-order valence-electron chi connectivity index (χ4n) is 9.69. The number of nitrogens with zero attached hydrogens (tertiary/aromatic N) is 4. The predicted molar refractivity (Wildman–Crippen MR) is 232 cm³/mol. The molecule has 0 unspecified atom stereocenters. The van der Waals surface area contributed by atoms with Crippen molar-refractivity contribution in [3.8, 4) is 0 Å². The van der Waals surface area contributed by atoms with Crippen molar-refractivity contribution in [1.82, 2.24) is 19.7 Å². The third-order valence-corrected chi connectivity index (χ3v) is 13.4. The summed E-state index contributed by atoms with van der Waals surface area (Å²) in [6, 6.07) is 8.76. The average molecular weight is 851 g/mol. The van der Waals surface area contributed by atoms with E-state index >= 15 is 0 Å². The second-order valence-electron chi connectivity index (χ2n) is 18.2. The highest BCUT2D eigenvalue weighted by molar-refractivity contribution is 6.00. The first-order chi connectivity index (χ1) is 28.8. The lowest BCUT2D eigenvalue weighted by Gasteiger charge is -2.47. The van der Waals surface area contributed by atoms with Gasteiger partial charge in [-0.05, 0) is 92.3 Å². The smallest absolute Gasteiger partial charge is 0.410 e. The van der Waals surface area contributed by atoms with Gasteiger partial charge in [-0.3, -0.25) is 24.3 Å². The Balaban J connectivity index is 1.59. The van der Waals surface area contributed by atoms with E-state index in [4.69, 9.17) is 23.7 Å². The van der Waals surface area contributed by atoms with Crippen LogP contribution in [0.5, 0.6) is 0 Å². The predicted octanol–water partition coefficient (Wildman–Crippen LogP) is 5.77. The second-order valence-corrected chi connectivity index (χ2v) is 18.2. The number of fused-ring (bicyclic) bond motifs is 2. The summed E-state index contributed by atoms with van der Waals surface area (Å²) in [5.41, 5.74) is -1.04. The standard InChI is InChI=1S/C47H70N4O10/c1-13-37-47(9)41(51(45(56)61-47)22-21-50(12)14-2)30(5)38(52)28(3)26-46(8,57-23-17-18-33-25-34-19-15-16-20-35(34)48-27-33)42(31(6)39(53)32(7)43(55)59-37)60-44-40(54)36(49(10)11)24-29(4)58-44/h15-20,25,27-32,36-37,40-42,44,54H,13-14,21-24,26H2,1-12H3/b18-17+/t28-,29-,30+,31+,32-,36+,37-,40-,41-,42-,44+,46-,47-/m1/s1. The lowest BCUT2D eigenvalue weighted by Crippen LogP contribution is -2.60. The van der Waals surface area contributed by atoms with Gasteiger partial charge in [-0.2, -0.15) is 0 Å². The van der Waals surface area contributed by atoms with E-state index in [1.807, 2.05) is 103 Å². The van der Waals surface area contributed by atoms with Gasteiger partial charge >= 0.3 is 12.1 Å². The van der Waals surface area contributed by atoms with Crippen molar-refractivity contribution in [1.29, 1.82) is 0 Å². The van der Waals surface area contributed by atoms with Crippen LogP contribution in [0.2, 0.25) is 0 Å². The Labute approximate surface area is 362 Å². The fourth-order valence-corrected chi connectivity index (χ4v) is 9.69. The number of carbonyl (C=O) groups excluding carboxylic acids is 4. The zero-order valence-corrected chi connectivity index (χ0v) is 38.3. The number of Topliss-reactive ketones (excluding diaryl/α,β-unsaturated/α-hetero) is 2. The Morgan fingerprint density at radius 2 is 1.70 bits per heavy atom. The third kappa shape index (κ3) is 10.5. The summed E-state index contributed by atoms with van der Waals surface area (Å²) in [5.74, 6) is -5.12. The van der Waals surface area contributed by atoms with Crippen molar-refractivity contribution in [3.63, 3.8) is 0 Å². The Morgan fingerprint density at radius 1 is 1.00 bits per heavy atom. The molecule has 3 fully saturated rings. The minimum absolute atomic E-state index is 0.0584. The average Bonchev–Trinajstić information content (AvgIpc) is 3.50. The number of likely N-dealkylation sites (N-methyl/N-ethyl adjacent to an activating group) is 2. The molecule has 13 atom stereocenters. The maximum atomic E-state index is 15.0. The van der Waals surface area contributed by atoms with Crippen LogP contribution < -0.4 is 0 Å². The Hall–Kier alpha value is -3.79. The molecule has 1 amide bonds. The minimum atomic E-state index is -1.40. The van der Waals surface area contributed by atoms with E-state index in [2.05, 4.69) is 9.88 Å². The lowest BCUT2D eigenvalue weighted by atomic mass is 9.73. The molecule has 338 valence electrons. The van der Waals surface area contributed by atoms with Crippen LogP contribution in [-0.2, 0) is 38.1 Å². The molecule has 3 aliphatic rings. The SMILES string of the molecule is CC[C@H]1OC(=O)[C@H](C)C(=O)[C@H](C)[C@@H](O[C@@H]2O[C@H](C)C[C@H](N(C)C)[C@H]2O)[C@](C)(OC/C=C/c2cnc3ccccc3c2)C[C@@H](C)C(=O)[C@H](C)[C@H]2N(CCN(C)CC)C(=O)O[C@]12C. The Bertz CT molecular complexity index is 1890. The number of rotatable bonds is 12. The number of para-hydroxylation sites is 1. The molecule has 1 N–H and O–H groups in total. The second kappa shape index (κ2) is 20.2. The van der Waals surface area contributed by atoms with Gasteiger partial charge in [0.15, 0.2) is 17.7 Å². The molecule has 3 saturated heterocycles. The topological polar surface area (TPSA) is 157 Å². The number of ketones is 2. The van der Waals surface area contributed by atoms with Crippen molar-refractivity contribution in [2.45, 2.75) is 136 Å². The van der Waals surface area contributed by atoms with E-state index in [0.29, 0.717) is 13.0 Å². The molecule has 1 aromatic carbocycles. The van der Waals surface area contributed by atoms with Gasteiger partial charge in [-0.25, -0.2) is 4.79 Å². The quantitative estimate of drug-likeness (QED) is 0.203. The molecule has 0 aliphatic carbocycles. The zero-order valence-electron chi connectivity index (χ0n) is 38.3. The van der Waals surface area contributed by atoms with Gasteiger partial charge in [0.1, 0.15) is 23.9 Å². The molecule has 1 aromatic heterocycles. The van der Waals surface area contributed by atoms with Crippen LogP contribution in [0.4, 0.5) is 4.79 Å². The first kappa shape index (κ1) is 48.2. The molecule has 14 nitrogen and oxygen atoms in total. The maximum Gasteiger partial charge on any atom is 0.410 e. The summed E-state index contributed by atoms with van der Waals surface area (Å²) < 4.78 is 32.2. The van der Waals surface area contributed by atoms with Crippen LogP contribution >= 0.6 is 0 Å². The first-order valence-corrected chi connectivity index (χ1v) is 22.0. The summed E-state index contributed by atoms with van der Waals surface area (Å²) in [6.07, 6.45) is 1.23. The van der Waals surface area contributed by atoms with Crippen LogP contribution in [0, 0.1) is 23.7 Å². The number of amides is 1. The number of esters is 1. The zero-order chi connectivity index (χ0) is 45.0. The van der Waals surface area contributed by atoms with E-state index in [1.54, 1.807) is 31.9 Å². The van der Waals surface area contributed by atoms with Crippen LogP contribution in [0.1, 0.15) is 87.1 Å². The van der Waals surface area contributed by atoms with Gasteiger partial charge in [0, 0.05) is 48.5 Å². The highest BCUT2D eigenvalue weighted by atomic mass is 16.7. The van der Waals surface area contributed by atoms with Crippen molar-refractivity contribution in [2.75, 3.05) is 47.4 Å². The highest BCUT2D eigenvalue weighted by Crippen LogP contribution is 2.43. The number of carbonyl (C=O) groups is 4. The number of aliphatic hydroxyl groups is 1. The number of aromatic nitrogens is 1. The van der Waals surface area contributed by atoms with Gasteiger partial charge in [0.25, 0.3) is 0 Å². The molecule has 0 saturated carbocycles. The van der Waals surface area contributed by atoms with Gasteiger partial charge in [0.2, 0.25) is 0 Å². The van der Waals surface area contributed by atoms with Gasteiger partial charge in [-0.15, -0.1) is 0 Å². The number of aliphatic hydroxyl groups excluding tert-OH is 1. The van der Waals surface area contributed by atoms with Gasteiger partial charge < -0.3 is 38.6 Å². The summed E-state index contributed by atoms with van der Waals surface area (Å²) in [6.45, 7) is 17.7. The molecule has 3 aliphatic heterocycles. The molecule has 14 heteroatoms. The van der Waals surface area contributed by atoms with E-state index in [-0.39, 0.29) is 43.9 Å². The number of benzene rings is 1. The molecule has 0 spiro atoms. The number of hydrogen-bond donors (Lipinski definition) is 1. The molecule has 2 aromatic rings. The molecule has 0 radical (unpaired) electrons. The molecular formula is C47H70N4O10. The molecule has 61 heavy (non-hydrogen) atoms. The van der Waals surface area contributed by atoms with Crippen LogP contribution in [0.25, 0.3) is 17.0 Å². The van der Waals surface area contributed by atoms with Crippen molar-refractivity contribution >= 4 is 40.6 Å².